The molecule has 0 aliphatic heterocycles. The summed E-state index contributed by atoms with van der Waals surface area (Å²) in [5.74, 6) is -1.09. The predicted octanol–water partition coefficient (Wildman–Crippen LogP) is 3.41. The normalized spacial score (nSPS) is 13.2. The number of benzene rings is 1. The van der Waals surface area contributed by atoms with Crippen molar-refractivity contribution >= 4 is 23.6 Å². The molecule has 28 heavy (non-hydrogen) atoms. The van der Waals surface area contributed by atoms with Crippen molar-refractivity contribution in [2.24, 2.45) is 5.92 Å². The Morgan fingerprint density at radius 1 is 0.893 bits per heavy atom. The van der Waals surface area contributed by atoms with E-state index in [-0.39, 0.29) is 23.9 Å². The van der Waals surface area contributed by atoms with Crippen LogP contribution in [0.3, 0.4) is 0 Å². The van der Waals surface area contributed by atoms with Crippen LogP contribution in [-0.2, 0) is 14.3 Å². The largest absolute Gasteiger partial charge is 0.451 e. The summed E-state index contributed by atoms with van der Waals surface area (Å²) in [6.07, 6.45) is -0.933. The molecular formula is C21H33N3O4. The summed E-state index contributed by atoms with van der Waals surface area (Å²) in [4.78, 5) is 39.2. The third-order valence-corrected chi connectivity index (χ3v) is 4.25. The van der Waals surface area contributed by atoms with E-state index in [0.29, 0.717) is 5.69 Å². The fourth-order valence-corrected chi connectivity index (χ4v) is 2.94. The van der Waals surface area contributed by atoms with E-state index >= 15 is 0 Å². The molecule has 0 aliphatic carbocycles. The number of esters is 1. The van der Waals surface area contributed by atoms with E-state index < -0.39 is 24.1 Å². The summed E-state index contributed by atoms with van der Waals surface area (Å²) in [6, 6.07) is 7.53. The summed E-state index contributed by atoms with van der Waals surface area (Å²) in [7, 11) is 0. The quantitative estimate of drug-likeness (QED) is 0.665. The molecule has 7 nitrogen and oxygen atoms in total. The molecule has 0 fully saturated rings. The molecule has 1 aromatic carbocycles. The topological polar surface area (TPSA) is 87.7 Å². The second kappa shape index (κ2) is 10.7. The van der Waals surface area contributed by atoms with E-state index in [4.69, 9.17) is 4.74 Å². The van der Waals surface area contributed by atoms with Crippen LogP contribution in [0.1, 0.15) is 48.5 Å². The van der Waals surface area contributed by atoms with Gasteiger partial charge in [0, 0.05) is 17.8 Å². The van der Waals surface area contributed by atoms with Crippen LogP contribution in [-0.4, -0.2) is 47.0 Å². The predicted molar refractivity (Wildman–Crippen MR) is 110 cm³/mol. The Bertz CT molecular complexity index is 651. The maximum atomic E-state index is 12.7. The number of para-hydroxylation sites is 1. The maximum absolute atomic E-state index is 12.7. The van der Waals surface area contributed by atoms with Gasteiger partial charge in [-0.1, -0.05) is 32.0 Å². The summed E-state index contributed by atoms with van der Waals surface area (Å²) in [5.41, 5.74) is 0.615. The Kier molecular flexibility index (Phi) is 8.96. The summed E-state index contributed by atoms with van der Waals surface area (Å²) < 4.78 is 5.40. The first-order valence-electron chi connectivity index (χ1n) is 9.69. The van der Waals surface area contributed by atoms with Gasteiger partial charge in [-0.05, 0) is 52.7 Å². The molecule has 1 rings (SSSR count). The van der Waals surface area contributed by atoms with Crippen LogP contribution in [0.2, 0.25) is 0 Å². The number of rotatable bonds is 8. The van der Waals surface area contributed by atoms with Crippen LogP contribution in [0.15, 0.2) is 30.3 Å². The molecular weight excluding hydrogens is 358 g/mol. The minimum absolute atomic E-state index is 0.00989. The molecule has 7 heteroatoms. The van der Waals surface area contributed by atoms with Crippen molar-refractivity contribution in [1.82, 2.24) is 10.2 Å². The van der Waals surface area contributed by atoms with Crippen LogP contribution in [0.25, 0.3) is 0 Å². The van der Waals surface area contributed by atoms with E-state index in [1.165, 1.54) is 0 Å². The van der Waals surface area contributed by atoms with Crippen LogP contribution >= 0.6 is 0 Å². The first-order valence-corrected chi connectivity index (χ1v) is 9.69. The molecule has 0 spiro atoms. The van der Waals surface area contributed by atoms with Crippen molar-refractivity contribution in [3.63, 3.8) is 0 Å². The van der Waals surface area contributed by atoms with Crippen molar-refractivity contribution < 1.29 is 19.1 Å². The van der Waals surface area contributed by atoms with E-state index in [1.807, 2.05) is 33.8 Å². The molecule has 0 heterocycles. The lowest BCUT2D eigenvalue weighted by Crippen LogP contribution is -2.51. The lowest BCUT2D eigenvalue weighted by Gasteiger charge is -2.33. The number of carbonyl (C=O) groups excluding carboxylic acids is 3. The molecule has 1 aromatic rings. The van der Waals surface area contributed by atoms with Gasteiger partial charge in [0.2, 0.25) is 0 Å². The number of ether oxygens (including phenoxy) is 1. The molecule has 0 radical (unpaired) electrons. The van der Waals surface area contributed by atoms with Gasteiger partial charge in [-0.3, -0.25) is 4.79 Å². The molecule has 2 N–H and O–H groups in total. The fourth-order valence-electron chi connectivity index (χ4n) is 2.94. The lowest BCUT2D eigenvalue weighted by atomic mass is 10.0. The minimum Gasteiger partial charge on any atom is -0.451 e. The standard InChI is InChI=1S/C21H33N3O4/c1-13(2)18(23-21(27)22-17-11-9-8-10-12-17)20(26)28-16(7)19(25)24(14(3)4)15(5)6/h8-16,18H,1-7H3,(H2,22,23,27)/t16-,18-/m1/s1. The maximum Gasteiger partial charge on any atom is 0.329 e. The molecule has 0 saturated carbocycles. The Morgan fingerprint density at radius 2 is 1.43 bits per heavy atom. The number of nitrogens with zero attached hydrogens (tertiary/aromatic N) is 1. The van der Waals surface area contributed by atoms with Gasteiger partial charge in [-0.15, -0.1) is 0 Å². The third kappa shape index (κ3) is 6.87. The van der Waals surface area contributed by atoms with Crippen molar-refractivity contribution in [3.8, 4) is 0 Å². The first kappa shape index (κ1) is 23.5. The van der Waals surface area contributed by atoms with Gasteiger partial charge in [0.25, 0.3) is 5.91 Å². The van der Waals surface area contributed by atoms with Crippen molar-refractivity contribution in [2.45, 2.75) is 72.7 Å². The van der Waals surface area contributed by atoms with Crippen LogP contribution in [0.5, 0.6) is 0 Å². The van der Waals surface area contributed by atoms with Crippen molar-refractivity contribution in [3.05, 3.63) is 30.3 Å². The van der Waals surface area contributed by atoms with Gasteiger partial charge in [-0.2, -0.15) is 0 Å². The van der Waals surface area contributed by atoms with Gasteiger partial charge in [0.05, 0.1) is 0 Å². The zero-order chi connectivity index (χ0) is 21.4. The van der Waals surface area contributed by atoms with Gasteiger partial charge in [0.15, 0.2) is 6.10 Å². The number of nitrogens with one attached hydrogen (secondary N) is 2. The summed E-state index contributed by atoms with van der Waals surface area (Å²) in [6.45, 7) is 12.8. The average molecular weight is 392 g/mol. The second-order valence-electron chi connectivity index (χ2n) is 7.70. The van der Waals surface area contributed by atoms with Crippen LogP contribution < -0.4 is 10.6 Å². The average Bonchev–Trinajstić information content (AvgIpc) is 2.59. The van der Waals surface area contributed by atoms with Gasteiger partial charge in [-0.25, -0.2) is 9.59 Å². The molecule has 3 amide bonds. The Labute approximate surface area is 167 Å². The van der Waals surface area contributed by atoms with E-state index in [1.54, 1.807) is 49.9 Å². The number of hydrogen-bond donors (Lipinski definition) is 2. The molecule has 2 atom stereocenters. The van der Waals surface area contributed by atoms with E-state index in [0.717, 1.165) is 0 Å². The summed E-state index contributed by atoms with van der Waals surface area (Å²) >= 11 is 0. The Morgan fingerprint density at radius 3 is 1.89 bits per heavy atom. The van der Waals surface area contributed by atoms with Gasteiger partial charge < -0.3 is 20.3 Å². The zero-order valence-corrected chi connectivity index (χ0v) is 17.9. The first-order chi connectivity index (χ1) is 13.0. The van der Waals surface area contributed by atoms with E-state index in [2.05, 4.69) is 10.6 Å². The van der Waals surface area contributed by atoms with Crippen molar-refractivity contribution in [2.75, 3.05) is 5.32 Å². The highest BCUT2D eigenvalue weighted by Gasteiger charge is 2.32. The fraction of sp³-hybridized carbons (Fsp3) is 0.571. The number of amides is 3. The molecule has 0 aromatic heterocycles. The highest BCUT2D eigenvalue weighted by molar-refractivity contribution is 5.93. The van der Waals surface area contributed by atoms with Gasteiger partial charge >= 0.3 is 12.0 Å². The molecule has 0 bridgehead atoms. The van der Waals surface area contributed by atoms with Crippen LogP contribution in [0, 0.1) is 5.92 Å². The Balaban J connectivity index is 2.76. The van der Waals surface area contributed by atoms with Gasteiger partial charge in [0.1, 0.15) is 6.04 Å². The lowest BCUT2D eigenvalue weighted by molar-refractivity contribution is -0.163. The second-order valence-corrected chi connectivity index (χ2v) is 7.70. The Hall–Kier alpha value is -2.57. The van der Waals surface area contributed by atoms with Crippen molar-refractivity contribution in [1.29, 1.82) is 0 Å². The molecule has 156 valence electrons. The van der Waals surface area contributed by atoms with Crippen LogP contribution in [0.4, 0.5) is 10.5 Å². The number of urea groups is 1. The smallest absolute Gasteiger partial charge is 0.329 e. The third-order valence-electron chi connectivity index (χ3n) is 4.25. The summed E-state index contributed by atoms with van der Waals surface area (Å²) in [5, 5.41) is 5.31. The highest BCUT2D eigenvalue weighted by atomic mass is 16.5. The molecule has 0 saturated heterocycles. The number of anilines is 1. The SMILES string of the molecule is CC(C)[C@@H](NC(=O)Nc1ccccc1)C(=O)O[C@H](C)C(=O)N(C(C)C)C(C)C. The molecule has 0 unspecified atom stereocenters. The minimum atomic E-state index is -0.933. The zero-order valence-electron chi connectivity index (χ0n) is 17.9. The molecule has 0 aliphatic rings. The monoisotopic (exact) mass is 391 g/mol. The number of hydrogen-bond acceptors (Lipinski definition) is 4. The van der Waals surface area contributed by atoms with E-state index in [9.17, 15) is 14.4 Å². The highest BCUT2D eigenvalue weighted by Crippen LogP contribution is 2.12. The number of carbonyl (C=O) groups is 3.